The maximum Gasteiger partial charge on any atom is 0.326 e. The number of para-hydroxylation sites is 1. The molecule has 0 saturated heterocycles. The maximum absolute atomic E-state index is 12.4. The Balaban J connectivity index is 2.09. The molecule has 3 aromatic rings. The van der Waals surface area contributed by atoms with Gasteiger partial charge in [-0.2, -0.15) is 10.1 Å². The molecule has 0 bridgehead atoms. The van der Waals surface area contributed by atoms with Gasteiger partial charge in [-0.3, -0.25) is 14.3 Å². The Labute approximate surface area is 141 Å². The number of ether oxygens (including phenoxy) is 1. The molecule has 0 aliphatic rings. The quantitative estimate of drug-likeness (QED) is 0.676. The molecule has 0 spiro atoms. The molecule has 0 saturated carbocycles. The number of benzene rings is 1. The highest BCUT2D eigenvalue weighted by Crippen LogP contribution is 2.17. The molecule has 8 heteroatoms. The Morgan fingerprint density at radius 2 is 2.08 bits per heavy atom. The van der Waals surface area contributed by atoms with Gasteiger partial charge in [0, 0.05) is 13.2 Å². The van der Waals surface area contributed by atoms with Crippen molar-refractivity contribution in [2.75, 3.05) is 6.61 Å². The van der Waals surface area contributed by atoms with Crippen molar-refractivity contribution < 1.29 is 14.3 Å². The largest absolute Gasteiger partial charge is 0.465 e. The average molecular weight is 344 g/mol. The molecule has 2 aromatic heterocycles. The minimum atomic E-state index is -0.404. The molecule has 0 aliphatic carbocycles. The number of fused-ring (bicyclic) bond motifs is 1. The standard InChI is InChI=1S/C16H16N4O3S/c1-3-23-14(21)10-20-11-6-4-5-7-13(11)24-16(20)18-15(22)12-8-9-17-19(12)2/h4-9H,3,10H2,1-2H3. The van der Waals surface area contributed by atoms with E-state index in [0.717, 1.165) is 10.2 Å². The molecule has 0 N–H and O–H groups in total. The number of hydrogen-bond donors (Lipinski definition) is 0. The monoisotopic (exact) mass is 344 g/mol. The summed E-state index contributed by atoms with van der Waals surface area (Å²) in [6.07, 6.45) is 1.54. The second-order valence-corrected chi connectivity index (χ2v) is 6.01. The fraction of sp³-hybridized carbons (Fsp3) is 0.250. The van der Waals surface area contributed by atoms with Gasteiger partial charge in [0.15, 0.2) is 4.80 Å². The SMILES string of the molecule is CCOC(=O)Cn1c(=NC(=O)c2ccnn2C)sc2ccccc21. The average Bonchev–Trinajstić information content (AvgIpc) is 3.12. The molecule has 0 aliphatic heterocycles. The molecule has 124 valence electrons. The third-order valence-electron chi connectivity index (χ3n) is 3.42. The fourth-order valence-electron chi connectivity index (χ4n) is 2.32. The molecular formula is C16H16N4O3S. The lowest BCUT2D eigenvalue weighted by Gasteiger charge is -2.04. The van der Waals surface area contributed by atoms with Crippen molar-refractivity contribution in [2.24, 2.45) is 12.0 Å². The molecule has 1 amide bonds. The number of aryl methyl sites for hydroxylation is 1. The van der Waals surface area contributed by atoms with Crippen LogP contribution in [0, 0.1) is 0 Å². The van der Waals surface area contributed by atoms with E-state index in [9.17, 15) is 9.59 Å². The van der Waals surface area contributed by atoms with Crippen molar-refractivity contribution in [3.8, 4) is 0 Å². The Morgan fingerprint density at radius 3 is 2.79 bits per heavy atom. The third kappa shape index (κ3) is 3.13. The Hall–Kier alpha value is -2.74. The van der Waals surface area contributed by atoms with Crippen molar-refractivity contribution >= 4 is 33.4 Å². The van der Waals surface area contributed by atoms with Gasteiger partial charge in [-0.1, -0.05) is 23.5 Å². The second kappa shape index (κ2) is 6.79. The summed E-state index contributed by atoms with van der Waals surface area (Å²) < 4.78 is 9.13. The molecule has 7 nitrogen and oxygen atoms in total. The molecular weight excluding hydrogens is 328 g/mol. The lowest BCUT2D eigenvalue weighted by Crippen LogP contribution is -2.23. The van der Waals surface area contributed by atoms with Gasteiger partial charge >= 0.3 is 5.97 Å². The van der Waals surface area contributed by atoms with E-state index < -0.39 is 5.91 Å². The van der Waals surface area contributed by atoms with Crippen LogP contribution < -0.4 is 4.80 Å². The van der Waals surface area contributed by atoms with Crippen LogP contribution in [0.3, 0.4) is 0 Å². The first-order chi connectivity index (χ1) is 11.6. The Morgan fingerprint density at radius 1 is 1.29 bits per heavy atom. The molecule has 24 heavy (non-hydrogen) atoms. The molecule has 3 rings (SSSR count). The van der Waals surface area contributed by atoms with Crippen molar-refractivity contribution in [1.82, 2.24) is 14.3 Å². The van der Waals surface area contributed by atoms with Crippen LogP contribution in [0.15, 0.2) is 41.5 Å². The van der Waals surface area contributed by atoms with Crippen molar-refractivity contribution in [1.29, 1.82) is 0 Å². The summed E-state index contributed by atoms with van der Waals surface area (Å²) in [7, 11) is 1.68. The summed E-state index contributed by atoms with van der Waals surface area (Å²) in [6.45, 7) is 2.07. The number of thiazole rings is 1. The van der Waals surface area contributed by atoms with Gasteiger partial charge in [0.2, 0.25) is 0 Å². The van der Waals surface area contributed by atoms with Crippen LogP contribution in [-0.2, 0) is 23.1 Å². The zero-order valence-corrected chi connectivity index (χ0v) is 14.1. The number of carbonyl (C=O) groups is 2. The topological polar surface area (TPSA) is 78.5 Å². The van der Waals surface area contributed by atoms with Crippen molar-refractivity contribution in [3.63, 3.8) is 0 Å². The van der Waals surface area contributed by atoms with E-state index in [0.29, 0.717) is 17.1 Å². The van der Waals surface area contributed by atoms with E-state index in [1.54, 1.807) is 30.8 Å². The van der Waals surface area contributed by atoms with Crippen LogP contribution in [0.5, 0.6) is 0 Å². The smallest absolute Gasteiger partial charge is 0.326 e. The summed E-state index contributed by atoms with van der Waals surface area (Å²) in [5.41, 5.74) is 1.22. The first kappa shape index (κ1) is 16.1. The van der Waals surface area contributed by atoms with Crippen LogP contribution in [0.2, 0.25) is 0 Å². The van der Waals surface area contributed by atoms with Crippen molar-refractivity contribution in [3.05, 3.63) is 47.0 Å². The summed E-state index contributed by atoms with van der Waals surface area (Å²) in [6, 6.07) is 9.20. The van der Waals surface area contributed by atoms with Gasteiger partial charge in [-0.15, -0.1) is 0 Å². The number of carbonyl (C=O) groups excluding carboxylic acids is 2. The number of esters is 1. The fourth-order valence-corrected chi connectivity index (χ4v) is 3.35. The van der Waals surface area contributed by atoms with Gasteiger partial charge in [0.05, 0.1) is 16.8 Å². The minimum absolute atomic E-state index is 0.00928. The van der Waals surface area contributed by atoms with E-state index in [1.165, 1.54) is 16.0 Å². The zero-order chi connectivity index (χ0) is 17.1. The van der Waals surface area contributed by atoms with Gasteiger partial charge in [0.1, 0.15) is 12.2 Å². The van der Waals surface area contributed by atoms with E-state index >= 15 is 0 Å². The normalized spacial score (nSPS) is 11.8. The van der Waals surface area contributed by atoms with Crippen molar-refractivity contribution in [2.45, 2.75) is 13.5 Å². The van der Waals surface area contributed by atoms with Gasteiger partial charge < -0.3 is 9.30 Å². The Bertz CT molecular complexity index is 967. The number of nitrogens with zero attached hydrogens (tertiary/aromatic N) is 4. The van der Waals surface area contributed by atoms with Gasteiger partial charge in [0.25, 0.3) is 5.91 Å². The first-order valence-corrected chi connectivity index (χ1v) is 8.23. The molecule has 0 atom stereocenters. The van der Waals surface area contributed by atoms with Crippen LogP contribution in [0.1, 0.15) is 17.4 Å². The van der Waals surface area contributed by atoms with Crippen LogP contribution in [-0.4, -0.2) is 32.8 Å². The highest BCUT2D eigenvalue weighted by Gasteiger charge is 2.13. The summed E-state index contributed by atoms with van der Waals surface area (Å²) >= 11 is 1.35. The summed E-state index contributed by atoms with van der Waals surface area (Å²) in [5, 5.41) is 3.98. The first-order valence-electron chi connectivity index (χ1n) is 7.41. The van der Waals surface area contributed by atoms with Crippen LogP contribution in [0.4, 0.5) is 0 Å². The number of amides is 1. The van der Waals surface area contributed by atoms with E-state index in [1.807, 2.05) is 24.3 Å². The lowest BCUT2D eigenvalue weighted by molar-refractivity contribution is -0.143. The third-order valence-corrected chi connectivity index (χ3v) is 4.48. The number of aromatic nitrogens is 3. The molecule has 0 fully saturated rings. The number of hydrogen-bond acceptors (Lipinski definition) is 5. The number of rotatable bonds is 4. The molecule has 0 unspecified atom stereocenters. The van der Waals surface area contributed by atoms with E-state index in [2.05, 4.69) is 10.1 Å². The van der Waals surface area contributed by atoms with Crippen LogP contribution >= 0.6 is 11.3 Å². The highest BCUT2D eigenvalue weighted by molar-refractivity contribution is 7.16. The Kier molecular flexibility index (Phi) is 4.57. The zero-order valence-electron chi connectivity index (χ0n) is 13.3. The minimum Gasteiger partial charge on any atom is -0.465 e. The van der Waals surface area contributed by atoms with E-state index in [4.69, 9.17) is 4.74 Å². The molecule has 0 radical (unpaired) electrons. The van der Waals surface area contributed by atoms with Gasteiger partial charge in [-0.25, -0.2) is 0 Å². The highest BCUT2D eigenvalue weighted by atomic mass is 32.1. The molecule has 1 aromatic carbocycles. The predicted molar refractivity (Wildman–Crippen MR) is 89.5 cm³/mol. The lowest BCUT2D eigenvalue weighted by atomic mass is 10.3. The van der Waals surface area contributed by atoms with E-state index in [-0.39, 0.29) is 12.5 Å². The predicted octanol–water partition coefficient (Wildman–Crippen LogP) is 1.74. The summed E-state index contributed by atoms with van der Waals surface area (Å²) in [5.74, 6) is -0.769. The summed E-state index contributed by atoms with van der Waals surface area (Å²) in [4.78, 5) is 28.9. The second-order valence-electron chi connectivity index (χ2n) is 5.00. The maximum atomic E-state index is 12.4. The van der Waals surface area contributed by atoms with Gasteiger partial charge in [-0.05, 0) is 25.1 Å². The van der Waals surface area contributed by atoms with Crippen LogP contribution in [0.25, 0.3) is 10.2 Å². The molecule has 2 heterocycles.